The lowest BCUT2D eigenvalue weighted by Crippen LogP contribution is -2.49. The number of hydrogen-bond acceptors (Lipinski definition) is 5. The summed E-state index contributed by atoms with van der Waals surface area (Å²) in [6.07, 6.45) is 4.45. The van der Waals surface area contributed by atoms with Crippen molar-refractivity contribution in [1.29, 1.82) is 0 Å². The Morgan fingerprint density at radius 1 is 1.13 bits per heavy atom. The molecule has 9 nitrogen and oxygen atoms in total. The van der Waals surface area contributed by atoms with Gasteiger partial charge in [0.15, 0.2) is 11.2 Å². The van der Waals surface area contributed by atoms with Crippen LogP contribution in [0.4, 0.5) is 5.95 Å². The highest BCUT2D eigenvalue weighted by Crippen LogP contribution is 2.21. The SMILES string of the molecule is CCC(=O)N1CCN(c2nc3c(c(=O)[nH]c(=O)n3C)n2C/C=C/c2ccccc2)CC1. The first-order valence-electron chi connectivity index (χ1n) is 10.4. The Morgan fingerprint density at radius 2 is 1.84 bits per heavy atom. The molecule has 1 aliphatic heterocycles. The fraction of sp³-hybridized carbons (Fsp3) is 0.364. The molecule has 1 N–H and O–H groups in total. The minimum Gasteiger partial charge on any atom is -0.339 e. The maximum Gasteiger partial charge on any atom is 0.329 e. The number of fused-ring (bicyclic) bond motifs is 1. The van der Waals surface area contributed by atoms with Crippen molar-refractivity contribution in [3.05, 3.63) is 62.8 Å². The van der Waals surface area contributed by atoms with E-state index >= 15 is 0 Å². The second kappa shape index (κ2) is 8.63. The van der Waals surface area contributed by atoms with Gasteiger partial charge in [-0.15, -0.1) is 0 Å². The number of nitrogens with one attached hydrogen (secondary N) is 1. The Kier molecular flexibility index (Phi) is 5.75. The Morgan fingerprint density at radius 3 is 2.52 bits per heavy atom. The molecule has 31 heavy (non-hydrogen) atoms. The Bertz CT molecular complexity index is 1230. The van der Waals surface area contributed by atoms with Gasteiger partial charge in [0, 0.05) is 46.2 Å². The van der Waals surface area contributed by atoms with Crippen LogP contribution in [0.25, 0.3) is 17.2 Å². The lowest BCUT2D eigenvalue weighted by molar-refractivity contribution is -0.131. The lowest BCUT2D eigenvalue weighted by Gasteiger charge is -2.35. The molecule has 1 aromatic carbocycles. The summed E-state index contributed by atoms with van der Waals surface area (Å²) in [6.45, 7) is 4.72. The van der Waals surface area contributed by atoms with Crippen LogP contribution in [-0.2, 0) is 18.4 Å². The van der Waals surface area contributed by atoms with Gasteiger partial charge in [-0.1, -0.05) is 49.4 Å². The van der Waals surface area contributed by atoms with E-state index < -0.39 is 11.2 Å². The van der Waals surface area contributed by atoms with Crippen LogP contribution >= 0.6 is 0 Å². The number of amides is 1. The first-order valence-corrected chi connectivity index (χ1v) is 10.4. The smallest absolute Gasteiger partial charge is 0.329 e. The Balaban J connectivity index is 1.71. The molecule has 0 aliphatic carbocycles. The minimum absolute atomic E-state index is 0.137. The summed E-state index contributed by atoms with van der Waals surface area (Å²) in [5, 5.41) is 0. The van der Waals surface area contributed by atoms with Crippen LogP contribution in [-0.4, -0.2) is 56.1 Å². The summed E-state index contributed by atoms with van der Waals surface area (Å²) < 4.78 is 3.19. The molecule has 0 atom stereocenters. The van der Waals surface area contributed by atoms with Crippen molar-refractivity contribution in [3.8, 4) is 0 Å². The number of aryl methyl sites for hydroxylation is 1. The molecule has 1 fully saturated rings. The second-order valence-electron chi connectivity index (χ2n) is 7.55. The molecule has 1 saturated heterocycles. The standard InChI is InChI=1S/C22H26N6O3/c1-3-17(29)26-12-14-27(15-13-26)21-23-19-18(20(30)24-22(31)25(19)2)28(21)11-7-10-16-8-5-4-6-9-16/h4-10H,3,11-15H2,1-2H3,(H,24,30,31)/b10-7+. The number of carbonyl (C=O) groups is 1. The molecular weight excluding hydrogens is 396 g/mol. The second-order valence-corrected chi connectivity index (χ2v) is 7.55. The van der Waals surface area contributed by atoms with E-state index in [0.29, 0.717) is 56.3 Å². The maximum atomic E-state index is 12.7. The van der Waals surface area contributed by atoms with Crippen LogP contribution in [0.1, 0.15) is 18.9 Å². The van der Waals surface area contributed by atoms with E-state index in [2.05, 4.69) is 14.9 Å². The fourth-order valence-electron chi connectivity index (χ4n) is 3.88. The van der Waals surface area contributed by atoms with Crippen LogP contribution in [0.15, 0.2) is 46.0 Å². The number of aromatic nitrogens is 4. The van der Waals surface area contributed by atoms with Crippen molar-refractivity contribution >= 4 is 29.1 Å². The number of benzene rings is 1. The molecule has 0 bridgehead atoms. The van der Waals surface area contributed by atoms with E-state index in [1.54, 1.807) is 7.05 Å². The molecule has 4 rings (SSSR count). The molecule has 0 spiro atoms. The number of carbonyl (C=O) groups excluding carboxylic acids is 1. The van der Waals surface area contributed by atoms with E-state index in [1.165, 1.54) is 4.57 Å². The molecule has 0 unspecified atom stereocenters. The summed E-state index contributed by atoms with van der Waals surface area (Å²) in [7, 11) is 1.60. The maximum absolute atomic E-state index is 12.7. The highest BCUT2D eigenvalue weighted by Gasteiger charge is 2.25. The molecule has 162 valence electrons. The van der Waals surface area contributed by atoms with Crippen molar-refractivity contribution < 1.29 is 4.79 Å². The number of aromatic amines is 1. The molecule has 3 heterocycles. The number of piperazine rings is 1. The fourth-order valence-corrected chi connectivity index (χ4v) is 3.88. The molecule has 3 aromatic rings. The zero-order valence-corrected chi connectivity index (χ0v) is 17.7. The summed E-state index contributed by atoms with van der Waals surface area (Å²) in [6, 6.07) is 9.90. The molecule has 2 aromatic heterocycles. The normalized spacial score (nSPS) is 14.6. The third kappa shape index (κ3) is 4.03. The van der Waals surface area contributed by atoms with Gasteiger partial charge in [0.05, 0.1) is 0 Å². The summed E-state index contributed by atoms with van der Waals surface area (Å²) in [5.74, 6) is 0.765. The molecule has 1 aliphatic rings. The quantitative estimate of drug-likeness (QED) is 0.666. The zero-order valence-electron chi connectivity index (χ0n) is 17.7. The number of imidazole rings is 1. The van der Waals surface area contributed by atoms with Crippen LogP contribution in [0.5, 0.6) is 0 Å². The van der Waals surface area contributed by atoms with Gasteiger partial charge in [-0.3, -0.25) is 19.1 Å². The van der Waals surface area contributed by atoms with Crippen molar-refractivity contribution in [1.82, 2.24) is 24.0 Å². The topological polar surface area (TPSA) is 96.2 Å². The molecular formula is C22H26N6O3. The minimum atomic E-state index is -0.494. The lowest BCUT2D eigenvalue weighted by atomic mass is 10.2. The van der Waals surface area contributed by atoms with Crippen LogP contribution in [0.3, 0.4) is 0 Å². The Labute approximate surface area is 179 Å². The van der Waals surface area contributed by atoms with Gasteiger partial charge in [-0.2, -0.15) is 4.98 Å². The number of rotatable bonds is 5. The van der Waals surface area contributed by atoms with E-state index in [-0.39, 0.29) is 5.91 Å². The first kappa shape index (κ1) is 20.6. The summed E-state index contributed by atoms with van der Waals surface area (Å²) >= 11 is 0. The number of nitrogens with zero attached hydrogens (tertiary/aromatic N) is 5. The van der Waals surface area contributed by atoms with Gasteiger partial charge >= 0.3 is 5.69 Å². The van der Waals surface area contributed by atoms with Crippen molar-refractivity contribution in [2.45, 2.75) is 19.9 Å². The highest BCUT2D eigenvalue weighted by molar-refractivity contribution is 5.77. The van der Waals surface area contributed by atoms with Crippen molar-refractivity contribution in [2.24, 2.45) is 7.05 Å². The average Bonchev–Trinajstić information content (AvgIpc) is 3.18. The predicted octanol–water partition coefficient (Wildman–Crippen LogP) is 1.20. The van der Waals surface area contributed by atoms with E-state index in [0.717, 1.165) is 5.56 Å². The highest BCUT2D eigenvalue weighted by atomic mass is 16.2. The van der Waals surface area contributed by atoms with Crippen molar-refractivity contribution in [3.63, 3.8) is 0 Å². The number of H-pyrrole nitrogens is 1. The van der Waals surface area contributed by atoms with E-state index in [9.17, 15) is 14.4 Å². The Hall–Kier alpha value is -3.62. The number of anilines is 1. The third-order valence-electron chi connectivity index (χ3n) is 5.60. The van der Waals surface area contributed by atoms with Gasteiger partial charge in [-0.05, 0) is 5.56 Å². The van der Waals surface area contributed by atoms with Crippen LogP contribution in [0, 0.1) is 0 Å². The van der Waals surface area contributed by atoms with Crippen LogP contribution < -0.4 is 16.1 Å². The van der Waals surface area contributed by atoms with Gasteiger partial charge in [0.2, 0.25) is 11.9 Å². The largest absolute Gasteiger partial charge is 0.339 e. The number of allylic oxidation sites excluding steroid dienone is 1. The van der Waals surface area contributed by atoms with Gasteiger partial charge < -0.3 is 14.4 Å². The van der Waals surface area contributed by atoms with E-state index in [1.807, 2.05) is 58.9 Å². The summed E-state index contributed by atoms with van der Waals surface area (Å²) in [4.78, 5) is 47.7. The first-order chi connectivity index (χ1) is 15.0. The summed E-state index contributed by atoms with van der Waals surface area (Å²) in [5.41, 5.74) is 0.823. The van der Waals surface area contributed by atoms with Gasteiger partial charge in [-0.25, -0.2) is 4.79 Å². The van der Waals surface area contributed by atoms with Gasteiger partial charge in [0.25, 0.3) is 5.56 Å². The van der Waals surface area contributed by atoms with Crippen molar-refractivity contribution in [2.75, 3.05) is 31.1 Å². The predicted molar refractivity (Wildman–Crippen MR) is 120 cm³/mol. The average molecular weight is 422 g/mol. The van der Waals surface area contributed by atoms with Gasteiger partial charge in [0.1, 0.15) is 0 Å². The monoisotopic (exact) mass is 422 g/mol. The molecule has 9 heteroatoms. The number of hydrogen-bond donors (Lipinski definition) is 1. The van der Waals surface area contributed by atoms with Crippen LogP contribution in [0.2, 0.25) is 0 Å². The van der Waals surface area contributed by atoms with E-state index in [4.69, 9.17) is 0 Å². The molecule has 0 saturated carbocycles. The molecule has 0 radical (unpaired) electrons. The molecule has 1 amide bonds. The zero-order chi connectivity index (χ0) is 22.0. The third-order valence-corrected chi connectivity index (χ3v) is 5.60.